The summed E-state index contributed by atoms with van der Waals surface area (Å²) >= 11 is 5.96. The zero-order valence-electron chi connectivity index (χ0n) is 10.9. The summed E-state index contributed by atoms with van der Waals surface area (Å²) in [6.45, 7) is 1.90. The van der Waals surface area contributed by atoms with E-state index in [2.05, 4.69) is 9.97 Å². The maximum absolute atomic E-state index is 12.6. The minimum absolute atomic E-state index is 0.279. The summed E-state index contributed by atoms with van der Waals surface area (Å²) in [6, 6.07) is 5.89. The van der Waals surface area contributed by atoms with Gasteiger partial charge in [0.05, 0.1) is 0 Å². The lowest BCUT2D eigenvalue weighted by molar-refractivity contribution is -0.145. The number of nitrogens with two attached hydrogens (primary N) is 1. The Balaban J connectivity index is 2.33. The van der Waals surface area contributed by atoms with Crippen molar-refractivity contribution in [2.75, 3.05) is 5.73 Å². The molecule has 0 aliphatic carbocycles. The van der Waals surface area contributed by atoms with Crippen LogP contribution >= 0.6 is 11.6 Å². The minimum atomic E-state index is -4.69. The first-order valence-corrected chi connectivity index (χ1v) is 6.35. The summed E-state index contributed by atoms with van der Waals surface area (Å²) in [7, 11) is 0. The van der Waals surface area contributed by atoms with E-state index in [4.69, 9.17) is 22.1 Å². The highest BCUT2D eigenvalue weighted by Gasteiger charge is 2.35. The van der Waals surface area contributed by atoms with Gasteiger partial charge in [0.25, 0.3) is 0 Å². The first-order chi connectivity index (χ1) is 9.79. The maximum atomic E-state index is 12.6. The highest BCUT2D eigenvalue weighted by Crippen LogP contribution is 2.30. The molecular formula is C13H11ClF3N3O. The molecule has 1 aromatic carbocycles. The number of rotatable bonds is 3. The third-order valence-corrected chi connectivity index (χ3v) is 2.97. The van der Waals surface area contributed by atoms with E-state index in [9.17, 15) is 13.2 Å². The number of nitrogen functional groups attached to an aromatic ring is 1. The van der Waals surface area contributed by atoms with Crippen LogP contribution in [0, 0.1) is 0 Å². The van der Waals surface area contributed by atoms with Crippen molar-refractivity contribution in [2.45, 2.75) is 19.5 Å². The van der Waals surface area contributed by atoms with E-state index in [1.807, 2.05) is 6.92 Å². The topological polar surface area (TPSA) is 61.0 Å². The molecule has 0 bridgehead atoms. The van der Waals surface area contributed by atoms with Crippen molar-refractivity contribution in [1.29, 1.82) is 0 Å². The average Bonchev–Trinajstić information content (AvgIpc) is 2.39. The van der Waals surface area contributed by atoms with Crippen LogP contribution in [-0.4, -0.2) is 9.97 Å². The van der Waals surface area contributed by atoms with Gasteiger partial charge in [-0.05, 0) is 30.2 Å². The molecule has 0 unspecified atom stereocenters. The number of halogens is 4. The quantitative estimate of drug-likeness (QED) is 0.926. The van der Waals surface area contributed by atoms with Gasteiger partial charge in [0, 0.05) is 11.1 Å². The van der Waals surface area contributed by atoms with Crippen LogP contribution in [0.15, 0.2) is 24.3 Å². The molecular weight excluding hydrogens is 307 g/mol. The number of anilines is 1. The molecule has 21 heavy (non-hydrogen) atoms. The number of ether oxygens (including phenoxy) is 1. The van der Waals surface area contributed by atoms with Crippen molar-refractivity contribution in [1.82, 2.24) is 9.97 Å². The predicted octanol–water partition coefficient (Wildman–Crippen LogP) is 4.09. The molecule has 0 amide bonds. The molecule has 2 aromatic rings. The molecule has 4 nitrogen and oxygen atoms in total. The van der Waals surface area contributed by atoms with E-state index in [1.165, 1.54) is 6.07 Å². The summed E-state index contributed by atoms with van der Waals surface area (Å²) in [5, 5.41) is 0.558. The molecule has 1 heterocycles. The van der Waals surface area contributed by atoms with Crippen molar-refractivity contribution in [2.24, 2.45) is 0 Å². The number of alkyl halides is 3. The molecule has 0 atom stereocenters. The van der Waals surface area contributed by atoms with Crippen LogP contribution in [-0.2, 0) is 12.6 Å². The number of aryl methyl sites for hydroxylation is 1. The van der Waals surface area contributed by atoms with E-state index in [1.54, 1.807) is 12.1 Å². The number of benzene rings is 1. The van der Waals surface area contributed by atoms with E-state index < -0.39 is 12.0 Å². The zero-order chi connectivity index (χ0) is 15.6. The first-order valence-electron chi connectivity index (χ1n) is 5.97. The first kappa shape index (κ1) is 15.4. The number of hydrogen-bond donors (Lipinski definition) is 1. The van der Waals surface area contributed by atoms with Gasteiger partial charge in [0.15, 0.2) is 0 Å². The normalized spacial score (nSPS) is 11.5. The summed E-state index contributed by atoms with van der Waals surface area (Å²) in [6.07, 6.45) is -4.03. The summed E-state index contributed by atoms with van der Waals surface area (Å²) in [5.41, 5.74) is 6.15. The highest BCUT2D eigenvalue weighted by molar-refractivity contribution is 6.31. The van der Waals surface area contributed by atoms with Crippen LogP contribution in [0.4, 0.5) is 19.0 Å². The van der Waals surface area contributed by atoms with Gasteiger partial charge in [-0.15, -0.1) is 0 Å². The third-order valence-electron chi connectivity index (χ3n) is 2.60. The minimum Gasteiger partial charge on any atom is -0.439 e. The molecule has 1 aromatic heterocycles. The monoisotopic (exact) mass is 317 g/mol. The van der Waals surface area contributed by atoms with Gasteiger partial charge in [-0.25, -0.2) is 4.98 Å². The van der Waals surface area contributed by atoms with Gasteiger partial charge in [0.1, 0.15) is 11.6 Å². The molecule has 0 aliphatic heterocycles. The van der Waals surface area contributed by atoms with Crippen LogP contribution in [0.1, 0.15) is 18.3 Å². The van der Waals surface area contributed by atoms with E-state index in [0.717, 1.165) is 11.6 Å². The van der Waals surface area contributed by atoms with Gasteiger partial charge in [-0.3, -0.25) is 0 Å². The smallest absolute Gasteiger partial charge is 0.439 e. The number of aromatic nitrogens is 2. The standard InChI is InChI=1S/C13H11ClF3N3O/c1-2-7-5-8(3-4-9(7)14)21-11-6-10(18)19-12(20-11)13(15,16)17/h3-6H,2H2,1H3,(H2,18,19,20). The van der Waals surface area contributed by atoms with Gasteiger partial charge in [-0.2, -0.15) is 18.2 Å². The fourth-order valence-electron chi connectivity index (χ4n) is 1.63. The average molecular weight is 318 g/mol. The molecule has 8 heteroatoms. The Morgan fingerprint density at radius 3 is 2.57 bits per heavy atom. The van der Waals surface area contributed by atoms with Crippen LogP contribution in [0.2, 0.25) is 5.02 Å². The largest absolute Gasteiger partial charge is 0.451 e. The van der Waals surface area contributed by atoms with Crippen molar-refractivity contribution in [3.8, 4) is 11.6 Å². The molecule has 0 radical (unpaired) electrons. The Hall–Kier alpha value is -2.02. The third kappa shape index (κ3) is 3.75. The molecule has 2 N–H and O–H groups in total. The van der Waals surface area contributed by atoms with Crippen molar-refractivity contribution >= 4 is 17.4 Å². The fraction of sp³-hybridized carbons (Fsp3) is 0.231. The SMILES string of the molecule is CCc1cc(Oc2cc(N)nc(C(F)(F)F)n2)ccc1Cl. The summed E-state index contributed by atoms with van der Waals surface area (Å²) in [4.78, 5) is 6.44. The van der Waals surface area contributed by atoms with E-state index >= 15 is 0 Å². The lowest BCUT2D eigenvalue weighted by Crippen LogP contribution is -2.12. The van der Waals surface area contributed by atoms with Crippen LogP contribution in [0.5, 0.6) is 11.6 Å². The lowest BCUT2D eigenvalue weighted by atomic mass is 10.1. The molecule has 0 fully saturated rings. The Bertz CT molecular complexity index is 662. The van der Waals surface area contributed by atoms with Crippen molar-refractivity contribution < 1.29 is 17.9 Å². The molecule has 0 saturated carbocycles. The second-order valence-corrected chi connectivity index (χ2v) is 4.57. The van der Waals surface area contributed by atoms with E-state index in [-0.39, 0.29) is 11.7 Å². The summed E-state index contributed by atoms with van der Waals surface area (Å²) < 4.78 is 43.1. The van der Waals surface area contributed by atoms with Gasteiger partial charge >= 0.3 is 6.18 Å². The lowest BCUT2D eigenvalue weighted by Gasteiger charge is -2.10. The van der Waals surface area contributed by atoms with Crippen LogP contribution < -0.4 is 10.5 Å². The van der Waals surface area contributed by atoms with Crippen molar-refractivity contribution in [3.63, 3.8) is 0 Å². The number of hydrogen-bond acceptors (Lipinski definition) is 4. The predicted molar refractivity (Wildman–Crippen MR) is 72.4 cm³/mol. The van der Waals surface area contributed by atoms with Crippen LogP contribution in [0.3, 0.4) is 0 Å². The Labute approximate surface area is 123 Å². The van der Waals surface area contributed by atoms with Crippen LogP contribution in [0.25, 0.3) is 0 Å². The fourth-order valence-corrected chi connectivity index (χ4v) is 1.88. The zero-order valence-corrected chi connectivity index (χ0v) is 11.7. The van der Waals surface area contributed by atoms with E-state index in [0.29, 0.717) is 17.2 Å². The molecule has 2 rings (SSSR count). The molecule has 0 aliphatic rings. The second kappa shape index (κ2) is 5.77. The Morgan fingerprint density at radius 2 is 1.95 bits per heavy atom. The Kier molecular flexibility index (Phi) is 4.22. The number of nitrogens with zero attached hydrogens (tertiary/aromatic N) is 2. The van der Waals surface area contributed by atoms with Gasteiger partial charge < -0.3 is 10.5 Å². The molecule has 0 spiro atoms. The highest BCUT2D eigenvalue weighted by atomic mass is 35.5. The van der Waals surface area contributed by atoms with Crippen molar-refractivity contribution in [3.05, 3.63) is 40.7 Å². The Morgan fingerprint density at radius 1 is 1.24 bits per heavy atom. The second-order valence-electron chi connectivity index (χ2n) is 4.16. The molecule has 112 valence electrons. The summed E-state index contributed by atoms with van der Waals surface area (Å²) in [5.74, 6) is -1.62. The van der Waals surface area contributed by atoms with Gasteiger partial charge in [0.2, 0.25) is 11.7 Å². The van der Waals surface area contributed by atoms with Gasteiger partial charge in [-0.1, -0.05) is 18.5 Å². The maximum Gasteiger partial charge on any atom is 0.451 e. The molecule has 0 saturated heterocycles.